The molecular formula is C19H22ClN3O3S. The van der Waals surface area contributed by atoms with Gasteiger partial charge in [0.2, 0.25) is 10.0 Å². The second kappa shape index (κ2) is 8.82. The predicted molar refractivity (Wildman–Crippen MR) is 106 cm³/mol. The van der Waals surface area contributed by atoms with Crippen LogP contribution < -0.4 is 9.46 Å². The van der Waals surface area contributed by atoms with Crippen LogP contribution in [0, 0.1) is 6.92 Å². The third-order valence-electron chi connectivity index (χ3n) is 4.39. The minimum atomic E-state index is -3.48. The minimum Gasteiger partial charge on any atom is -0.460 e. The van der Waals surface area contributed by atoms with Crippen molar-refractivity contribution in [2.75, 3.05) is 0 Å². The summed E-state index contributed by atoms with van der Waals surface area (Å²) in [4.78, 5) is 8.05. The highest BCUT2D eigenvalue weighted by Crippen LogP contribution is 2.23. The second-order valence-electron chi connectivity index (χ2n) is 6.65. The maximum absolute atomic E-state index is 12.3. The van der Waals surface area contributed by atoms with Gasteiger partial charge in [0, 0.05) is 11.4 Å². The summed E-state index contributed by atoms with van der Waals surface area (Å²) < 4.78 is 33.0. The van der Waals surface area contributed by atoms with Crippen molar-refractivity contribution in [1.29, 1.82) is 0 Å². The van der Waals surface area contributed by atoms with E-state index in [9.17, 15) is 8.42 Å². The molecule has 1 aliphatic carbocycles. The number of aryl methyl sites for hydroxylation is 1. The van der Waals surface area contributed by atoms with Gasteiger partial charge in [-0.25, -0.2) is 23.1 Å². The SMILES string of the molecule is Cc1ccc(/C=C/S(=O)(=O)NC2CCC(Oc3ncc(Cl)cn3)CC2)cc1. The van der Waals surface area contributed by atoms with Gasteiger partial charge in [-0.2, -0.15) is 0 Å². The van der Waals surface area contributed by atoms with Crippen LogP contribution in [0.2, 0.25) is 5.02 Å². The van der Waals surface area contributed by atoms with Gasteiger partial charge in [0.05, 0.1) is 17.4 Å². The molecule has 144 valence electrons. The largest absolute Gasteiger partial charge is 0.460 e. The molecule has 2 aromatic rings. The molecule has 0 bridgehead atoms. The van der Waals surface area contributed by atoms with E-state index in [2.05, 4.69) is 14.7 Å². The summed E-state index contributed by atoms with van der Waals surface area (Å²) in [5.74, 6) is 0. The number of ether oxygens (including phenoxy) is 1. The normalized spacial score (nSPS) is 20.7. The highest BCUT2D eigenvalue weighted by molar-refractivity contribution is 7.92. The molecular weight excluding hydrogens is 386 g/mol. The number of halogens is 1. The molecule has 0 aliphatic heterocycles. The van der Waals surface area contributed by atoms with Crippen LogP contribution in [0.5, 0.6) is 6.01 Å². The molecule has 1 fully saturated rings. The molecule has 6 nitrogen and oxygen atoms in total. The molecule has 1 heterocycles. The number of sulfonamides is 1. The maximum Gasteiger partial charge on any atom is 0.316 e. The van der Waals surface area contributed by atoms with E-state index in [0.29, 0.717) is 23.9 Å². The van der Waals surface area contributed by atoms with Gasteiger partial charge >= 0.3 is 6.01 Å². The summed E-state index contributed by atoms with van der Waals surface area (Å²) >= 11 is 5.76. The van der Waals surface area contributed by atoms with Crippen molar-refractivity contribution in [2.24, 2.45) is 0 Å². The van der Waals surface area contributed by atoms with E-state index < -0.39 is 10.0 Å². The Hall–Kier alpha value is -1.96. The quantitative estimate of drug-likeness (QED) is 0.789. The van der Waals surface area contributed by atoms with Crippen LogP contribution in [0.1, 0.15) is 36.8 Å². The number of hydrogen-bond donors (Lipinski definition) is 1. The summed E-state index contributed by atoms with van der Waals surface area (Å²) in [6, 6.07) is 7.88. The number of benzene rings is 1. The number of nitrogens with zero attached hydrogens (tertiary/aromatic N) is 2. The Labute approximate surface area is 164 Å². The molecule has 0 amide bonds. The van der Waals surface area contributed by atoms with Gasteiger partial charge in [-0.05, 0) is 44.2 Å². The van der Waals surface area contributed by atoms with Crippen molar-refractivity contribution in [3.8, 4) is 6.01 Å². The van der Waals surface area contributed by atoms with Gasteiger partial charge in [0.15, 0.2) is 0 Å². The molecule has 0 saturated heterocycles. The molecule has 27 heavy (non-hydrogen) atoms. The first kappa shape index (κ1) is 19.8. The number of nitrogens with one attached hydrogen (secondary N) is 1. The molecule has 0 radical (unpaired) electrons. The highest BCUT2D eigenvalue weighted by atomic mass is 35.5. The molecule has 1 N–H and O–H groups in total. The molecule has 0 unspecified atom stereocenters. The van der Waals surface area contributed by atoms with Crippen LogP contribution in [0.4, 0.5) is 0 Å². The van der Waals surface area contributed by atoms with E-state index >= 15 is 0 Å². The zero-order valence-electron chi connectivity index (χ0n) is 15.0. The summed E-state index contributed by atoms with van der Waals surface area (Å²) in [6.45, 7) is 1.99. The Kier molecular flexibility index (Phi) is 6.46. The second-order valence-corrected chi connectivity index (χ2v) is 8.69. The fraction of sp³-hybridized carbons (Fsp3) is 0.368. The molecule has 1 saturated carbocycles. The van der Waals surface area contributed by atoms with E-state index in [-0.39, 0.29) is 12.1 Å². The maximum atomic E-state index is 12.3. The Morgan fingerprint density at radius 3 is 2.37 bits per heavy atom. The lowest BCUT2D eigenvalue weighted by Gasteiger charge is -2.28. The van der Waals surface area contributed by atoms with Crippen LogP contribution in [0.3, 0.4) is 0 Å². The Morgan fingerprint density at radius 1 is 1.11 bits per heavy atom. The standard InChI is InChI=1S/C19H22ClN3O3S/c1-14-2-4-15(5-3-14)10-11-27(24,25)23-17-6-8-18(9-7-17)26-19-21-12-16(20)13-22-19/h2-5,10-13,17-18,23H,6-9H2,1H3/b11-10+. The first-order chi connectivity index (χ1) is 12.9. The number of hydrogen-bond acceptors (Lipinski definition) is 5. The molecule has 3 rings (SSSR count). The van der Waals surface area contributed by atoms with Gasteiger partial charge in [0.1, 0.15) is 6.10 Å². The van der Waals surface area contributed by atoms with Crippen LogP contribution >= 0.6 is 11.6 Å². The molecule has 1 aliphatic rings. The average molecular weight is 408 g/mol. The van der Waals surface area contributed by atoms with Gasteiger partial charge in [-0.1, -0.05) is 41.4 Å². The lowest BCUT2D eigenvalue weighted by molar-refractivity contribution is 0.132. The van der Waals surface area contributed by atoms with E-state index in [1.54, 1.807) is 6.08 Å². The third-order valence-corrected chi connectivity index (χ3v) is 5.74. The Balaban J connectivity index is 1.49. The first-order valence-corrected chi connectivity index (χ1v) is 10.7. The van der Waals surface area contributed by atoms with Gasteiger partial charge in [0.25, 0.3) is 0 Å². The van der Waals surface area contributed by atoms with Crippen molar-refractivity contribution < 1.29 is 13.2 Å². The fourth-order valence-electron chi connectivity index (χ4n) is 2.93. The summed E-state index contributed by atoms with van der Waals surface area (Å²) in [5.41, 5.74) is 1.99. The van der Waals surface area contributed by atoms with E-state index in [4.69, 9.17) is 16.3 Å². The van der Waals surface area contributed by atoms with E-state index in [1.807, 2.05) is 31.2 Å². The van der Waals surface area contributed by atoms with Crippen molar-refractivity contribution in [3.63, 3.8) is 0 Å². The zero-order chi connectivity index (χ0) is 19.3. The fourth-order valence-corrected chi connectivity index (χ4v) is 4.14. The number of rotatable bonds is 6. The predicted octanol–water partition coefficient (Wildman–Crippen LogP) is 3.72. The van der Waals surface area contributed by atoms with Crippen molar-refractivity contribution in [2.45, 2.75) is 44.8 Å². The third kappa shape index (κ3) is 6.30. The van der Waals surface area contributed by atoms with Gasteiger partial charge < -0.3 is 4.74 Å². The summed E-state index contributed by atoms with van der Waals surface area (Å²) in [6.07, 6.45) is 7.45. The first-order valence-electron chi connectivity index (χ1n) is 8.81. The Morgan fingerprint density at radius 2 is 1.74 bits per heavy atom. The highest BCUT2D eigenvalue weighted by Gasteiger charge is 2.25. The Bertz CT molecular complexity index is 875. The van der Waals surface area contributed by atoms with Crippen LogP contribution in [-0.2, 0) is 10.0 Å². The van der Waals surface area contributed by atoms with Crippen molar-refractivity contribution in [1.82, 2.24) is 14.7 Å². The molecule has 0 spiro atoms. The van der Waals surface area contributed by atoms with E-state index in [0.717, 1.165) is 24.0 Å². The molecule has 1 aromatic heterocycles. The molecule has 8 heteroatoms. The average Bonchev–Trinajstić information content (AvgIpc) is 2.65. The monoisotopic (exact) mass is 407 g/mol. The number of aromatic nitrogens is 2. The zero-order valence-corrected chi connectivity index (χ0v) is 16.6. The lowest BCUT2D eigenvalue weighted by atomic mass is 9.94. The van der Waals surface area contributed by atoms with Gasteiger partial charge in [-0.3, -0.25) is 0 Å². The van der Waals surface area contributed by atoms with Crippen molar-refractivity contribution >= 4 is 27.7 Å². The summed E-state index contributed by atoms with van der Waals surface area (Å²) in [5, 5.41) is 1.68. The molecule has 0 atom stereocenters. The minimum absolute atomic E-state index is 0.0185. The van der Waals surface area contributed by atoms with Crippen LogP contribution in [0.15, 0.2) is 42.1 Å². The smallest absolute Gasteiger partial charge is 0.316 e. The summed E-state index contributed by atoms with van der Waals surface area (Å²) in [7, 11) is -3.48. The van der Waals surface area contributed by atoms with Crippen LogP contribution in [-0.4, -0.2) is 30.5 Å². The van der Waals surface area contributed by atoms with Crippen LogP contribution in [0.25, 0.3) is 6.08 Å². The topological polar surface area (TPSA) is 81.2 Å². The van der Waals surface area contributed by atoms with Gasteiger partial charge in [-0.15, -0.1) is 0 Å². The van der Waals surface area contributed by atoms with E-state index in [1.165, 1.54) is 17.8 Å². The molecule has 1 aromatic carbocycles. The van der Waals surface area contributed by atoms with Crippen molar-refractivity contribution in [3.05, 3.63) is 58.2 Å². The lowest BCUT2D eigenvalue weighted by Crippen LogP contribution is -2.38.